The minimum absolute atomic E-state index is 0.749. The lowest BCUT2D eigenvalue weighted by Gasteiger charge is -2.29. The molecule has 0 aliphatic carbocycles. The van der Waals surface area contributed by atoms with Crippen molar-refractivity contribution in [2.45, 2.75) is 38.6 Å². The summed E-state index contributed by atoms with van der Waals surface area (Å²) in [7, 11) is 0. The minimum atomic E-state index is 0.749. The largest absolute Gasteiger partial charge is 0.463 e. The summed E-state index contributed by atoms with van der Waals surface area (Å²) in [6, 6.07) is 4.22. The number of hydrogen-bond acceptors (Lipinski definition) is 4. The van der Waals surface area contributed by atoms with Crippen LogP contribution in [0.15, 0.2) is 16.5 Å². The van der Waals surface area contributed by atoms with Gasteiger partial charge in [-0.2, -0.15) is 11.8 Å². The van der Waals surface area contributed by atoms with E-state index < -0.39 is 0 Å². The summed E-state index contributed by atoms with van der Waals surface area (Å²) in [5.74, 6) is 3.40. The maximum atomic E-state index is 5.86. The zero-order valence-electron chi connectivity index (χ0n) is 11.4. The lowest BCUT2D eigenvalue weighted by molar-refractivity contribution is 0.251. The standard InChI is InChI=1S/C14H24N2OS/c1-3-6-15-9-13-4-5-14(17-13)11-16-7-8-18-12(2)10-16/h4-5,12,15H,3,6-11H2,1-2H3. The van der Waals surface area contributed by atoms with Crippen LogP contribution >= 0.6 is 11.8 Å². The van der Waals surface area contributed by atoms with E-state index in [-0.39, 0.29) is 0 Å². The summed E-state index contributed by atoms with van der Waals surface area (Å²) >= 11 is 2.07. The summed E-state index contributed by atoms with van der Waals surface area (Å²) < 4.78 is 5.86. The monoisotopic (exact) mass is 268 g/mol. The average molecular weight is 268 g/mol. The molecule has 1 aliphatic heterocycles. The van der Waals surface area contributed by atoms with Gasteiger partial charge < -0.3 is 9.73 Å². The van der Waals surface area contributed by atoms with Crippen LogP contribution in [0, 0.1) is 0 Å². The fourth-order valence-corrected chi connectivity index (χ4v) is 3.33. The van der Waals surface area contributed by atoms with Crippen LogP contribution in [0.3, 0.4) is 0 Å². The molecule has 0 spiro atoms. The topological polar surface area (TPSA) is 28.4 Å². The van der Waals surface area contributed by atoms with Crippen LogP contribution < -0.4 is 5.32 Å². The Bertz CT molecular complexity index is 353. The van der Waals surface area contributed by atoms with Crippen molar-refractivity contribution in [3.63, 3.8) is 0 Å². The van der Waals surface area contributed by atoms with E-state index in [0.717, 1.165) is 42.8 Å². The molecule has 1 N–H and O–H groups in total. The Morgan fingerprint density at radius 2 is 2.28 bits per heavy atom. The van der Waals surface area contributed by atoms with Gasteiger partial charge >= 0.3 is 0 Å². The number of furan rings is 1. The third kappa shape index (κ3) is 4.34. The molecule has 1 fully saturated rings. The first-order chi connectivity index (χ1) is 8.78. The molecular weight excluding hydrogens is 244 g/mol. The van der Waals surface area contributed by atoms with Gasteiger partial charge in [0.15, 0.2) is 0 Å². The first-order valence-corrected chi connectivity index (χ1v) is 7.95. The molecule has 1 unspecified atom stereocenters. The molecule has 0 saturated carbocycles. The fourth-order valence-electron chi connectivity index (χ4n) is 2.25. The number of rotatable bonds is 6. The third-order valence-corrected chi connectivity index (χ3v) is 4.28. The summed E-state index contributed by atoms with van der Waals surface area (Å²) in [5.41, 5.74) is 0. The molecule has 4 heteroatoms. The summed E-state index contributed by atoms with van der Waals surface area (Å²) in [6.45, 7) is 9.69. The zero-order chi connectivity index (χ0) is 12.8. The highest BCUT2D eigenvalue weighted by atomic mass is 32.2. The molecular formula is C14H24N2OS. The van der Waals surface area contributed by atoms with Gasteiger partial charge in [-0.05, 0) is 25.1 Å². The molecule has 1 saturated heterocycles. The summed E-state index contributed by atoms with van der Waals surface area (Å²) in [6.07, 6.45) is 1.16. The van der Waals surface area contributed by atoms with Crippen molar-refractivity contribution < 1.29 is 4.42 Å². The van der Waals surface area contributed by atoms with Crippen LogP contribution in [-0.2, 0) is 13.1 Å². The van der Waals surface area contributed by atoms with Crippen LogP contribution in [0.4, 0.5) is 0 Å². The molecule has 3 nitrogen and oxygen atoms in total. The Morgan fingerprint density at radius 1 is 1.44 bits per heavy atom. The van der Waals surface area contributed by atoms with Crippen LogP contribution in [-0.4, -0.2) is 35.5 Å². The highest BCUT2D eigenvalue weighted by molar-refractivity contribution is 7.99. The molecule has 102 valence electrons. The second-order valence-corrected chi connectivity index (χ2v) is 6.51. The number of nitrogens with zero attached hydrogens (tertiary/aromatic N) is 1. The second-order valence-electron chi connectivity index (χ2n) is 4.96. The van der Waals surface area contributed by atoms with Gasteiger partial charge in [-0.15, -0.1) is 0 Å². The number of hydrogen-bond donors (Lipinski definition) is 1. The van der Waals surface area contributed by atoms with Crippen molar-refractivity contribution in [1.82, 2.24) is 10.2 Å². The van der Waals surface area contributed by atoms with Gasteiger partial charge in [-0.25, -0.2) is 0 Å². The first-order valence-electron chi connectivity index (χ1n) is 6.90. The predicted octanol–water partition coefficient (Wildman–Crippen LogP) is 2.72. The molecule has 1 aliphatic rings. The summed E-state index contributed by atoms with van der Waals surface area (Å²) in [5, 5.41) is 4.11. The van der Waals surface area contributed by atoms with Gasteiger partial charge in [-0.1, -0.05) is 13.8 Å². The van der Waals surface area contributed by atoms with Gasteiger partial charge in [-0.3, -0.25) is 4.90 Å². The van der Waals surface area contributed by atoms with E-state index in [9.17, 15) is 0 Å². The minimum Gasteiger partial charge on any atom is -0.463 e. The SMILES string of the molecule is CCCNCc1ccc(CN2CCSC(C)C2)o1. The second kappa shape index (κ2) is 7.22. The lowest BCUT2D eigenvalue weighted by Crippen LogP contribution is -2.35. The Balaban J connectivity index is 1.78. The van der Waals surface area contributed by atoms with Gasteiger partial charge in [0.05, 0.1) is 13.1 Å². The molecule has 18 heavy (non-hydrogen) atoms. The lowest BCUT2D eigenvalue weighted by atomic mass is 10.3. The number of nitrogens with one attached hydrogen (secondary N) is 1. The molecule has 1 atom stereocenters. The molecule has 1 aromatic heterocycles. The van der Waals surface area contributed by atoms with Crippen molar-refractivity contribution in [3.8, 4) is 0 Å². The normalized spacial score (nSPS) is 21.3. The van der Waals surface area contributed by atoms with E-state index in [2.05, 4.69) is 48.0 Å². The van der Waals surface area contributed by atoms with Gasteiger partial charge in [0.1, 0.15) is 11.5 Å². The van der Waals surface area contributed by atoms with Gasteiger partial charge in [0.25, 0.3) is 0 Å². The fraction of sp³-hybridized carbons (Fsp3) is 0.714. The van der Waals surface area contributed by atoms with Crippen molar-refractivity contribution >= 4 is 11.8 Å². The Kier molecular flexibility index (Phi) is 5.60. The van der Waals surface area contributed by atoms with Crippen molar-refractivity contribution in [1.29, 1.82) is 0 Å². The molecule has 0 amide bonds. The Labute approximate surface area is 114 Å². The molecule has 0 aromatic carbocycles. The molecule has 0 radical (unpaired) electrons. The highest BCUT2D eigenvalue weighted by Crippen LogP contribution is 2.20. The van der Waals surface area contributed by atoms with Crippen molar-refractivity contribution in [2.24, 2.45) is 0 Å². The molecule has 1 aromatic rings. The maximum absolute atomic E-state index is 5.86. The number of thioether (sulfide) groups is 1. The van der Waals surface area contributed by atoms with Crippen molar-refractivity contribution in [3.05, 3.63) is 23.7 Å². The van der Waals surface area contributed by atoms with E-state index >= 15 is 0 Å². The van der Waals surface area contributed by atoms with E-state index in [4.69, 9.17) is 4.42 Å². The van der Waals surface area contributed by atoms with E-state index in [1.165, 1.54) is 18.8 Å². The van der Waals surface area contributed by atoms with E-state index in [1.807, 2.05) is 0 Å². The van der Waals surface area contributed by atoms with Crippen LogP contribution in [0.25, 0.3) is 0 Å². The maximum Gasteiger partial charge on any atom is 0.118 e. The van der Waals surface area contributed by atoms with Crippen LogP contribution in [0.5, 0.6) is 0 Å². The first kappa shape index (κ1) is 14.0. The van der Waals surface area contributed by atoms with Crippen molar-refractivity contribution in [2.75, 3.05) is 25.4 Å². The van der Waals surface area contributed by atoms with Gasteiger partial charge in [0.2, 0.25) is 0 Å². The smallest absolute Gasteiger partial charge is 0.118 e. The molecule has 0 bridgehead atoms. The molecule has 2 rings (SSSR count). The highest BCUT2D eigenvalue weighted by Gasteiger charge is 2.17. The Hall–Kier alpha value is -0.450. The Morgan fingerprint density at radius 3 is 3.06 bits per heavy atom. The van der Waals surface area contributed by atoms with Crippen LogP contribution in [0.1, 0.15) is 31.8 Å². The predicted molar refractivity (Wildman–Crippen MR) is 77.9 cm³/mol. The van der Waals surface area contributed by atoms with E-state index in [0.29, 0.717) is 0 Å². The third-order valence-electron chi connectivity index (χ3n) is 3.15. The quantitative estimate of drug-likeness (QED) is 0.803. The van der Waals surface area contributed by atoms with Crippen LogP contribution in [0.2, 0.25) is 0 Å². The zero-order valence-corrected chi connectivity index (χ0v) is 12.3. The van der Waals surface area contributed by atoms with Gasteiger partial charge in [0, 0.05) is 24.1 Å². The summed E-state index contributed by atoms with van der Waals surface area (Å²) in [4.78, 5) is 2.49. The van der Waals surface area contributed by atoms with E-state index in [1.54, 1.807) is 0 Å². The average Bonchev–Trinajstić information content (AvgIpc) is 2.77. The molecule has 2 heterocycles.